The van der Waals surface area contributed by atoms with Gasteiger partial charge in [0.15, 0.2) is 0 Å². The summed E-state index contributed by atoms with van der Waals surface area (Å²) in [4.78, 5) is 15.0. The number of hydrogen-bond acceptors (Lipinski definition) is 4. The van der Waals surface area contributed by atoms with E-state index >= 15 is 0 Å². The molecular weight excluding hydrogens is 296 g/mol. The maximum atomic E-state index is 12.6. The number of nitrogens with zero attached hydrogens (tertiary/aromatic N) is 1. The SMILES string of the molecule is O=C(NCC1CC1)[C@@H]1CN(Cc2ccsc2)C[C@@H]2OCC[C@@H]21. The van der Waals surface area contributed by atoms with Gasteiger partial charge in [-0.15, -0.1) is 0 Å². The van der Waals surface area contributed by atoms with Crippen LogP contribution in [0.2, 0.25) is 0 Å². The lowest BCUT2D eigenvalue weighted by Gasteiger charge is -2.39. The molecule has 3 aliphatic rings. The third-order valence-corrected chi connectivity index (χ3v) is 5.99. The zero-order valence-corrected chi connectivity index (χ0v) is 13.7. The lowest BCUT2D eigenvalue weighted by molar-refractivity contribution is -0.131. The van der Waals surface area contributed by atoms with Crippen LogP contribution in [0.5, 0.6) is 0 Å². The zero-order chi connectivity index (χ0) is 14.9. The minimum atomic E-state index is 0.0960. The van der Waals surface area contributed by atoms with E-state index in [1.807, 2.05) is 0 Å². The fourth-order valence-corrected chi connectivity index (χ4v) is 4.46. The van der Waals surface area contributed by atoms with Crippen LogP contribution >= 0.6 is 11.3 Å². The third kappa shape index (κ3) is 3.21. The van der Waals surface area contributed by atoms with Gasteiger partial charge in [0, 0.05) is 38.7 Å². The highest BCUT2D eigenvalue weighted by atomic mass is 32.1. The Balaban J connectivity index is 1.41. The van der Waals surface area contributed by atoms with Gasteiger partial charge in [-0.1, -0.05) is 0 Å². The Morgan fingerprint density at radius 1 is 1.36 bits per heavy atom. The van der Waals surface area contributed by atoms with Gasteiger partial charge in [0.05, 0.1) is 12.0 Å². The molecule has 0 aromatic carbocycles. The van der Waals surface area contributed by atoms with Gasteiger partial charge in [-0.25, -0.2) is 0 Å². The van der Waals surface area contributed by atoms with Crippen molar-refractivity contribution in [2.45, 2.75) is 31.9 Å². The molecule has 2 aliphatic heterocycles. The summed E-state index contributed by atoms with van der Waals surface area (Å²) in [5, 5.41) is 7.50. The zero-order valence-electron chi connectivity index (χ0n) is 12.9. The highest BCUT2D eigenvalue weighted by molar-refractivity contribution is 7.07. The first-order chi connectivity index (χ1) is 10.8. The fourth-order valence-electron chi connectivity index (χ4n) is 3.80. The van der Waals surface area contributed by atoms with Crippen molar-refractivity contribution >= 4 is 17.2 Å². The van der Waals surface area contributed by atoms with Crippen molar-refractivity contribution < 1.29 is 9.53 Å². The van der Waals surface area contributed by atoms with Crippen LogP contribution in [0.15, 0.2) is 16.8 Å². The summed E-state index contributed by atoms with van der Waals surface area (Å²) in [6.45, 7) is 4.46. The van der Waals surface area contributed by atoms with Crippen molar-refractivity contribution in [3.8, 4) is 0 Å². The number of likely N-dealkylation sites (tertiary alicyclic amines) is 1. The first kappa shape index (κ1) is 14.7. The van der Waals surface area contributed by atoms with Gasteiger partial charge >= 0.3 is 0 Å². The van der Waals surface area contributed by atoms with Crippen LogP contribution in [0.3, 0.4) is 0 Å². The number of amides is 1. The molecule has 1 N–H and O–H groups in total. The number of carbonyl (C=O) groups is 1. The van der Waals surface area contributed by atoms with E-state index in [9.17, 15) is 4.79 Å². The van der Waals surface area contributed by atoms with Crippen molar-refractivity contribution in [1.82, 2.24) is 10.2 Å². The van der Waals surface area contributed by atoms with E-state index in [4.69, 9.17) is 4.74 Å². The molecule has 1 aromatic rings. The molecule has 2 saturated heterocycles. The standard InChI is InChI=1S/C17H24N2O2S/c20-17(18-7-12-1-2-12)15-9-19(8-13-4-6-22-11-13)10-16-14(15)3-5-21-16/h4,6,11-12,14-16H,1-3,5,7-10H2,(H,18,20)/t14-,15-,16+/m1/s1. The monoisotopic (exact) mass is 320 g/mol. The smallest absolute Gasteiger partial charge is 0.224 e. The Kier molecular flexibility index (Phi) is 4.20. The molecule has 120 valence electrons. The minimum absolute atomic E-state index is 0.0960. The Bertz CT molecular complexity index is 515. The molecule has 5 heteroatoms. The van der Waals surface area contributed by atoms with E-state index in [1.165, 1.54) is 18.4 Å². The molecule has 1 saturated carbocycles. The van der Waals surface area contributed by atoms with E-state index in [2.05, 4.69) is 27.0 Å². The predicted molar refractivity (Wildman–Crippen MR) is 86.7 cm³/mol. The molecule has 0 radical (unpaired) electrons. The Labute approximate surface area is 135 Å². The van der Waals surface area contributed by atoms with E-state index in [-0.39, 0.29) is 17.9 Å². The second kappa shape index (κ2) is 6.30. The van der Waals surface area contributed by atoms with Gasteiger partial charge in [0.25, 0.3) is 0 Å². The first-order valence-electron chi connectivity index (χ1n) is 8.42. The van der Waals surface area contributed by atoms with Crippen molar-refractivity contribution in [1.29, 1.82) is 0 Å². The predicted octanol–water partition coefficient (Wildman–Crippen LogP) is 2.11. The molecule has 0 unspecified atom stereocenters. The Morgan fingerprint density at radius 3 is 3.05 bits per heavy atom. The number of thiophene rings is 1. The number of nitrogens with one attached hydrogen (secondary N) is 1. The summed E-state index contributed by atoms with van der Waals surface area (Å²) < 4.78 is 5.91. The molecule has 4 nitrogen and oxygen atoms in total. The summed E-state index contributed by atoms with van der Waals surface area (Å²) in [5.41, 5.74) is 1.35. The molecule has 22 heavy (non-hydrogen) atoms. The highest BCUT2D eigenvalue weighted by Gasteiger charge is 2.44. The maximum Gasteiger partial charge on any atom is 0.224 e. The third-order valence-electron chi connectivity index (χ3n) is 5.26. The van der Waals surface area contributed by atoms with Gasteiger partial charge < -0.3 is 10.1 Å². The lowest BCUT2D eigenvalue weighted by Crippen LogP contribution is -2.52. The van der Waals surface area contributed by atoms with Crippen LogP contribution in [0.1, 0.15) is 24.8 Å². The van der Waals surface area contributed by atoms with Crippen LogP contribution in [-0.2, 0) is 16.1 Å². The van der Waals surface area contributed by atoms with Crippen LogP contribution in [0.25, 0.3) is 0 Å². The summed E-state index contributed by atoms with van der Waals surface area (Å²) >= 11 is 1.74. The number of fused-ring (bicyclic) bond motifs is 1. The average molecular weight is 320 g/mol. The molecule has 0 spiro atoms. The molecular formula is C17H24N2O2S. The van der Waals surface area contributed by atoms with E-state index in [0.717, 1.165) is 45.1 Å². The second-order valence-electron chi connectivity index (χ2n) is 6.98. The minimum Gasteiger partial charge on any atom is -0.377 e. The second-order valence-corrected chi connectivity index (χ2v) is 7.76. The largest absolute Gasteiger partial charge is 0.377 e. The van der Waals surface area contributed by atoms with Crippen LogP contribution in [0.4, 0.5) is 0 Å². The number of ether oxygens (including phenoxy) is 1. The molecule has 1 aromatic heterocycles. The summed E-state index contributed by atoms with van der Waals surface area (Å²) in [7, 11) is 0. The highest BCUT2D eigenvalue weighted by Crippen LogP contribution is 2.35. The topological polar surface area (TPSA) is 41.6 Å². The number of rotatable bonds is 5. The van der Waals surface area contributed by atoms with Crippen molar-refractivity contribution in [2.75, 3.05) is 26.2 Å². The number of hydrogen-bond donors (Lipinski definition) is 1. The van der Waals surface area contributed by atoms with Gasteiger partial charge in [-0.2, -0.15) is 11.3 Å². The van der Waals surface area contributed by atoms with E-state index in [1.54, 1.807) is 11.3 Å². The molecule has 3 atom stereocenters. The van der Waals surface area contributed by atoms with Crippen LogP contribution in [-0.4, -0.2) is 43.2 Å². The lowest BCUT2D eigenvalue weighted by atomic mass is 9.82. The maximum absolute atomic E-state index is 12.6. The molecule has 1 aliphatic carbocycles. The van der Waals surface area contributed by atoms with Crippen molar-refractivity contribution in [3.63, 3.8) is 0 Å². The van der Waals surface area contributed by atoms with Gasteiger partial charge in [-0.3, -0.25) is 9.69 Å². The molecule has 0 bridgehead atoms. The van der Waals surface area contributed by atoms with Gasteiger partial charge in [0.1, 0.15) is 0 Å². The quantitative estimate of drug-likeness (QED) is 0.903. The molecule has 3 heterocycles. The van der Waals surface area contributed by atoms with Gasteiger partial charge in [-0.05, 0) is 47.6 Å². The normalized spacial score (nSPS) is 31.9. The summed E-state index contributed by atoms with van der Waals surface area (Å²) in [6, 6.07) is 2.18. The number of piperidine rings is 1. The number of carbonyl (C=O) groups excluding carboxylic acids is 1. The molecule has 1 amide bonds. The Morgan fingerprint density at radius 2 is 2.27 bits per heavy atom. The fraction of sp³-hybridized carbons (Fsp3) is 0.706. The van der Waals surface area contributed by atoms with E-state index in [0.29, 0.717) is 5.92 Å². The summed E-state index contributed by atoms with van der Waals surface area (Å²) in [6.07, 6.45) is 3.84. The Hall–Kier alpha value is -0.910. The average Bonchev–Trinajstić information content (AvgIpc) is 2.98. The van der Waals surface area contributed by atoms with Crippen LogP contribution in [0, 0.1) is 17.8 Å². The van der Waals surface area contributed by atoms with Crippen molar-refractivity contribution in [2.24, 2.45) is 17.8 Å². The van der Waals surface area contributed by atoms with E-state index < -0.39 is 0 Å². The summed E-state index contributed by atoms with van der Waals surface area (Å²) in [5.74, 6) is 1.50. The molecule has 3 fully saturated rings. The van der Waals surface area contributed by atoms with Crippen molar-refractivity contribution in [3.05, 3.63) is 22.4 Å². The first-order valence-corrected chi connectivity index (χ1v) is 9.36. The van der Waals surface area contributed by atoms with Gasteiger partial charge in [0.2, 0.25) is 5.91 Å². The van der Waals surface area contributed by atoms with Crippen LogP contribution < -0.4 is 5.32 Å². The molecule has 4 rings (SSSR count).